The van der Waals surface area contributed by atoms with Crippen molar-refractivity contribution in [2.75, 3.05) is 19.9 Å². The molecule has 1 unspecified atom stereocenters. The van der Waals surface area contributed by atoms with Crippen LogP contribution in [-0.2, 0) is 11.2 Å². The molecule has 0 N–H and O–H groups in total. The van der Waals surface area contributed by atoms with Gasteiger partial charge in [0.05, 0.1) is 12.3 Å². The molecule has 2 aromatic carbocycles. The quantitative estimate of drug-likeness (QED) is 0.479. The van der Waals surface area contributed by atoms with Gasteiger partial charge in [0.2, 0.25) is 24.5 Å². The second-order valence-electron chi connectivity index (χ2n) is 8.68. The number of amides is 1. The maximum absolute atomic E-state index is 13.0. The number of rotatable bonds is 6. The van der Waals surface area contributed by atoms with Crippen LogP contribution in [0.4, 0.5) is 0 Å². The molecule has 0 radical (unpaired) electrons. The third-order valence-electron chi connectivity index (χ3n) is 5.83. The van der Waals surface area contributed by atoms with E-state index in [-0.39, 0.29) is 18.6 Å². The summed E-state index contributed by atoms with van der Waals surface area (Å²) in [6.07, 6.45) is 2.25. The zero-order valence-corrected chi connectivity index (χ0v) is 19.6. The Bertz CT molecular complexity index is 1130. The molecule has 1 aromatic heterocycles. The topological polar surface area (TPSA) is 77.7 Å². The number of piperidine rings is 1. The molecule has 2 aliphatic rings. The van der Waals surface area contributed by atoms with E-state index in [0.717, 1.165) is 30.5 Å². The van der Waals surface area contributed by atoms with Crippen LogP contribution in [0.25, 0.3) is 11.5 Å². The van der Waals surface area contributed by atoms with Crippen LogP contribution >= 0.6 is 11.8 Å². The van der Waals surface area contributed by atoms with Gasteiger partial charge in [-0.2, -0.15) is 0 Å². The molecule has 1 saturated heterocycles. The largest absolute Gasteiger partial charge is 0.454 e. The van der Waals surface area contributed by atoms with Gasteiger partial charge in [-0.15, -0.1) is 22.0 Å². The summed E-state index contributed by atoms with van der Waals surface area (Å²) in [5.41, 5.74) is 1.83. The zero-order chi connectivity index (χ0) is 22.8. The summed E-state index contributed by atoms with van der Waals surface area (Å²) in [6.45, 7) is 5.94. The summed E-state index contributed by atoms with van der Waals surface area (Å²) in [5.74, 6) is 2.61. The molecule has 8 heteroatoms. The molecule has 5 rings (SSSR count). The number of aromatic nitrogens is 2. The highest BCUT2D eigenvalue weighted by molar-refractivity contribution is 7.99. The molecule has 1 fully saturated rings. The van der Waals surface area contributed by atoms with E-state index in [1.165, 1.54) is 4.90 Å². The van der Waals surface area contributed by atoms with E-state index >= 15 is 0 Å². The summed E-state index contributed by atoms with van der Waals surface area (Å²) in [5, 5.41) is 9.07. The molecular weight excluding hydrogens is 438 g/mol. The fourth-order valence-corrected chi connectivity index (χ4v) is 5.03. The van der Waals surface area contributed by atoms with Gasteiger partial charge in [0.1, 0.15) is 0 Å². The Hall–Kier alpha value is -3.00. The van der Waals surface area contributed by atoms with Crippen LogP contribution in [0.5, 0.6) is 11.5 Å². The lowest BCUT2D eigenvalue weighted by atomic mass is 9.97. The number of ether oxygens (including phenoxy) is 2. The average Bonchev–Trinajstić information content (AvgIpc) is 3.49. The van der Waals surface area contributed by atoms with Gasteiger partial charge in [-0.3, -0.25) is 4.79 Å². The number of nitrogens with zero attached hydrogens (tertiary/aromatic N) is 3. The number of likely N-dealkylation sites (tertiary alicyclic amines) is 1. The maximum atomic E-state index is 13.0. The van der Waals surface area contributed by atoms with Gasteiger partial charge in [-0.1, -0.05) is 26.0 Å². The van der Waals surface area contributed by atoms with E-state index in [9.17, 15) is 4.79 Å². The minimum atomic E-state index is 0.0442. The van der Waals surface area contributed by atoms with Gasteiger partial charge >= 0.3 is 0 Å². The molecule has 3 aromatic rings. The number of carbonyl (C=O) groups is 1. The van der Waals surface area contributed by atoms with Crippen LogP contribution in [-0.4, -0.2) is 46.1 Å². The molecule has 1 amide bonds. The van der Waals surface area contributed by atoms with Crippen LogP contribution in [0.1, 0.15) is 44.1 Å². The second kappa shape index (κ2) is 9.47. The lowest BCUT2D eigenvalue weighted by molar-refractivity contribution is -0.131. The standard InChI is InChI=1S/C25H27N3O4S/c1-16(2)33-20-8-5-17(6-9-20)12-23(29)28-11-3-4-19(14-28)25-27-26-24(32-25)18-7-10-21-22(13-18)31-15-30-21/h5-10,13,16,19H,3-4,11-12,14-15H2,1-2H3. The van der Waals surface area contributed by atoms with E-state index in [1.807, 2.05) is 34.9 Å². The Kier molecular flexibility index (Phi) is 6.26. The minimum Gasteiger partial charge on any atom is -0.454 e. The number of carbonyl (C=O) groups excluding carboxylic acids is 1. The molecule has 3 heterocycles. The molecule has 0 bridgehead atoms. The molecule has 0 spiro atoms. The molecule has 33 heavy (non-hydrogen) atoms. The van der Waals surface area contributed by atoms with Crippen molar-refractivity contribution in [1.29, 1.82) is 0 Å². The minimum absolute atomic E-state index is 0.0442. The molecule has 7 nitrogen and oxygen atoms in total. The number of hydrogen-bond donors (Lipinski definition) is 0. The Morgan fingerprint density at radius 2 is 1.94 bits per heavy atom. The predicted octanol–water partition coefficient (Wildman–Crippen LogP) is 4.91. The van der Waals surface area contributed by atoms with Crippen LogP contribution in [0.3, 0.4) is 0 Å². The van der Waals surface area contributed by atoms with Crippen LogP contribution < -0.4 is 9.47 Å². The Morgan fingerprint density at radius 1 is 1.12 bits per heavy atom. The van der Waals surface area contributed by atoms with Crippen molar-refractivity contribution in [2.45, 2.75) is 49.2 Å². The van der Waals surface area contributed by atoms with Crippen molar-refractivity contribution in [3.63, 3.8) is 0 Å². The predicted molar refractivity (Wildman–Crippen MR) is 126 cm³/mol. The van der Waals surface area contributed by atoms with Crippen LogP contribution in [0, 0.1) is 0 Å². The molecule has 1 atom stereocenters. The Labute approximate surface area is 197 Å². The molecule has 0 saturated carbocycles. The fraction of sp³-hybridized carbons (Fsp3) is 0.400. The third-order valence-corrected chi connectivity index (χ3v) is 6.85. The summed E-state index contributed by atoms with van der Waals surface area (Å²) in [7, 11) is 0. The van der Waals surface area contributed by atoms with Crippen molar-refractivity contribution in [3.05, 3.63) is 53.9 Å². The van der Waals surface area contributed by atoms with E-state index in [0.29, 0.717) is 41.5 Å². The lowest BCUT2D eigenvalue weighted by Crippen LogP contribution is -2.40. The van der Waals surface area contributed by atoms with Gasteiger partial charge < -0.3 is 18.8 Å². The van der Waals surface area contributed by atoms with Crippen molar-refractivity contribution in [1.82, 2.24) is 15.1 Å². The second-order valence-corrected chi connectivity index (χ2v) is 10.3. The highest BCUT2D eigenvalue weighted by Crippen LogP contribution is 2.36. The Morgan fingerprint density at radius 3 is 2.76 bits per heavy atom. The van der Waals surface area contributed by atoms with Crippen LogP contribution in [0.15, 0.2) is 51.8 Å². The Balaban J connectivity index is 1.22. The third kappa shape index (κ3) is 5.00. The van der Waals surface area contributed by atoms with Gasteiger partial charge in [0, 0.05) is 28.8 Å². The lowest BCUT2D eigenvalue weighted by Gasteiger charge is -2.31. The first kappa shape index (κ1) is 21.8. The van der Waals surface area contributed by atoms with E-state index < -0.39 is 0 Å². The van der Waals surface area contributed by atoms with Crippen molar-refractivity contribution >= 4 is 17.7 Å². The zero-order valence-electron chi connectivity index (χ0n) is 18.8. The van der Waals surface area contributed by atoms with Crippen molar-refractivity contribution in [3.8, 4) is 23.0 Å². The SMILES string of the molecule is CC(C)Sc1ccc(CC(=O)N2CCCC(c3nnc(-c4ccc5c(c4)OCO5)o3)C2)cc1. The van der Waals surface area contributed by atoms with Crippen molar-refractivity contribution in [2.24, 2.45) is 0 Å². The van der Waals surface area contributed by atoms with Gasteiger partial charge in [0.25, 0.3) is 0 Å². The number of thioether (sulfide) groups is 1. The highest BCUT2D eigenvalue weighted by atomic mass is 32.2. The van der Waals surface area contributed by atoms with E-state index in [4.69, 9.17) is 13.9 Å². The summed E-state index contributed by atoms with van der Waals surface area (Å²) < 4.78 is 16.8. The number of benzene rings is 2. The number of hydrogen-bond acceptors (Lipinski definition) is 7. The first-order valence-corrected chi connectivity index (χ1v) is 12.2. The first-order chi connectivity index (χ1) is 16.0. The molecular formula is C25H27N3O4S. The summed E-state index contributed by atoms with van der Waals surface area (Å²) in [6, 6.07) is 13.9. The van der Waals surface area contributed by atoms with Gasteiger partial charge in [0.15, 0.2) is 11.5 Å². The number of fused-ring (bicyclic) bond motifs is 1. The normalized spacial score (nSPS) is 17.5. The molecule has 172 valence electrons. The summed E-state index contributed by atoms with van der Waals surface area (Å²) in [4.78, 5) is 16.1. The average molecular weight is 466 g/mol. The van der Waals surface area contributed by atoms with E-state index in [2.05, 4.69) is 48.3 Å². The van der Waals surface area contributed by atoms with Gasteiger partial charge in [-0.25, -0.2) is 0 Å². The molecule has 0 aliphatic carbocycles. The summed E-state index contributed by atoms with van der Waals surface area (Å²) >= 11 is 1.83. The monoisotopic (exact) mass is 465 g/mol. The van der Waals surface area contributed by atoms with Crippen LogP contribution in [0.2, 0.25) is 0 Å². The highest BCUT2D eigenvalue weighted by Gasteiger charge is 2.29. The maximum Gasteiger partial charge on any atom is 0.247 e. The molecule has 2 aliphatic heterocycles. The smallest absolute Gasteiger partial charge is 0.247 e. The first-order valence-electron chi connectivity index (χ1n) is 11.3. The van der Waals surface area contributed by atoms with E-state index in [1.54, 1.807) is 0 Å². The van der Waals surface area contributed by atoms with Gasteiger partial charge in [-0.05, 0) is 48.7 Å². The fourth-order valence-electron chi connectivity index (χ4n) is 4.20. The van der Waals surface area contributed by atoms with Crippen molar-refractivity contribution < 1.29 is 18.7 Å².